The molecule has 2 heterocycles. The van der Waals surface area contributed by atoms with E-state index in [0.29, 0.717) is 15.0 Å². The van der Waals surface area contributed by atoms with Gasteiger partial charge in [-0.1, -0.05) is 30.4 Å². The number of hydrogen-bond acceptors (Lipinski definition) is 6. The van der Waals surface area contributed by atoms with Crippen molar-refractivity contribution in [2.75, 3.05) is 6.26 Å². The molecule has 0 aliphatic heterocycles. The molecule has 3 aromatic rings. The van der Waals surface area contributed by atoms with Crippen molar-refractivity contribution >= 4 is 50.5 Å². The highest BCUT2D eigenvalue weighted by Crippen LogP contribution is 2.32. The minimum Gasteiger partial charge on any atom is -0.454 e. The number of aromatic nitrogens is 1. The first kappa shape index (κ1) is 14.3. The van der Waals surface area contributed by atoms with Crippen LogP contribution in [-0.4, -0.2) is 15.4 Å². The van der Waals surface area contributed by atoms with Gasteiger partial charge >= 0.3 is 0 Å². The average molecular weight is 330 g/mol. The molecule has 3 nitrogen and oxygen atoms in total. The molecule has 0 fully saturated rings. The maximum atomic E-state index is 9.27. The first-order chi connectivity index (χ1) is 10.2. The lowest BCUT2D eigenvalue weighted by atomic mass is 10.2. The summed E-state index contributed by atoms with van der Waals surface area (Å²) < 4.78 is 6.43. The summed E-state index contributed by atoms with van der Waals surface area (Å²) in [7, 11) is 0. The number of thiocarbonyl (C=S) groups is 1. The van der Waals surface area contributed by atoms with Crippen LogP contribution in [0, 0.1) is 11.3 Å². The Balaban J connectivity index is 1.98. The van der Waals surface area contributed by atoms with Crippen molar-refractivity contribution in [1.82, 2.24) is 4.98 Å². The van der Waals surface area contributed by atoms with Gasteiger partial charge in [-0.2, -0.15) is 5.26 Å². The van der Waals surface area contributed by atoms with Crippen molar-refractivity contribution in [3.05, 3.63) is 40.7 Å². The van der Waals surface area contributed by atoms with Gasteiger partial charge in [0.1, 0.15) is 22.2 Å². The van der Waals surface area contributed by atoms with Crippen molar-refractivity contribution in [1.29, 1.82) is 5.26 Å². The van der Waals surface area contributed by atoms with E-state index in [1.807, 2.05) is 42.0 Å². The van der Waals surface area contributed by atoms with Crippen LogP contribution in [0.3, 0.4) is 0 Å². The van der Waals surface area contributed by atoms with E-state index in [1.54, 1.807) is 0 Å². The summed E-state index contributed by atoms with van der Waals surface area (Å²) in [5.41, 5.74) is 1.58. The Bertz CT molecular complexity index is 811. The van der Waals surface area contributed by atoms with E-state index in [4.69, 9.17) is 16.6 Å². The highest BCUT2D eigenvalue weighted by molar-refractivity contribution is 8.22. The van der Waals surface area contributed by atoms with Gasteiger partial charge in [-0.05, 0) is 18.4 Å². The van der Waals surface area contributed by atoms with Crippen LogP contribution >= 0.6 is 35.3 Å². The number of rotatable bonds is 3. The van der Waals surface area contributed by atoms with E-state index in [1.165, 1.54) is 23.1 Å². The van der Waals surface area contributed by atoms with Gasteiger partial charge in [0.25, 0.3) is 0 Å². The Labute approximate surface area is 135 Å². The molecular weight excluding hydrogens is 320 g/mol. The van der Waals surface area contributed by atoms with E-state index in [0.717, 1.165) is 16.7 Å². The monoisotopic (exact) mass is 330 g/mol. The molecule has 2 aromatic heterocycles. The van der Waals surface area contributed by atoms with Crippen LogP contribution in [0.1, 0.15) is 10.9 Å². The number of nitriles is 1. The van der Waals surface area contributed by atoms with Crippen molar-refractivity contribution in [3.8, 4) is 17.5 Å². The normalized spacial score (nSPS) is 12.2. The molecule has 0 amide bonds. The molecule has 0 N–H and O–H groups in total. The second kappa shape index (κ2) is 5.98. The Morgan fingerprint density at radius 1 is 1.48 bits per heavy atom. The van der Waals surface area contributed by atoms with Crippen molar-refractivity contribution in [2.24, 2.45) is 0 Å². The molecule has 104 valence electrons. The highest BCUT2D eigenvalue weighted by Gasteiger charge is 2.20. The molecule has 0 aliphatic carbocycles. The third-order valence-corrected chi connectivity index (χ3v) is 5.30. The standard InChI is InChI=1S/C15H10N2OS3/c1-20-15(19)10(7-16)14-17-11(8-21-14)13-6-9-4-2-3-5-12(9)18-13/h2-6,8,10H,1H3. The Morgan fingerprint density at radius 2 is 2.29 bits per heavy atom. The van der Waals surface area contributed by atoms with E-state index in [-0.39, 0.29) is 0 Å². The third-order valence-electron chi connectivity index (χ3n) is 3.01. The SMILES string of the molecule is CSC(=S)C(C#N)c1nc(-c2cc3ccccc3o2)cs1. The topological polar surface area (TPSA) is 49.8 Å². The Hall–Kier alpha value is -1.68. The molecule has 1 unspecified atom stereocenters. The molecule has 1 aromatic carbocycles. The lowest BCUT2D eigenvalue weighted by molar-refractivity contribution is 0.629. The molecule has 6 heteroatoms. The van der Waals surface area contributed by atoms with Gasteiger partial charge in [-0.25, -0.2) is 4.98 Å². The third kappa shape index (κ3) is 2.72. The highest BCUT2D eigenvalue weighted by atomic mass is 32.2. The zero-order valence-electron chi connectivity index (χ0n) is 11.1. The molecule has 0 saturated heterocycles. The summed E-state index contributed by atoms with van der Waals surface area (Å²) in [6.07, 6.45) is 1.88. The second-order valence-electron chi connectivity index (χ2n) is 4.30. The molecule has 3 rings (SSSR count). The summed E-state index contributed by atoms with van der Waals surface area (Å²) in [5.74, 6) is 0.267. The van der Waals surface area contributed by atoms with Crippen molar-refractivity contribution < 1.29 is 4.42 Å². The van der Waals surface area contributed by atoms with Crippen molar-refractivity contribution in [3.63, 3.8) is 0 Å². The van der Waals surface area contributed by atoms with Gasteiger partial charge in [0.15, 0.2) is 5.76 Å². The van der Waals surface area contributed by atoms with Gasteiger partial charge in [-0.15, -0.1) is 23.1 Å². The molecule has 0 aliphatic rings. The summed E-state index contributed by atoms with van der Waals surface area (Å²) in [6.45, 7) is 0. The van der Waals surface area contributed by atoms with Crippen LogP contribution in [0.5, 0.6) is 0 Å². The van der Waals surface area contributed by atoms with Gasteiger partial charge in [-0.3, -0.25) is 0 Å². The number of benzene rings is 1. The predicted molar refractivity (Wildman–Crippen MR) is 91.8 cm³/mol. The summed E-state index contributed by atoms with van der Waals surface area (Å²) in [5, 5.41) is 12.9. The number of thioether (sulfide) groups is 1. The second-order valence-corrected chi connectivity index (χ2v) is 6.74. The first-order valence-electron chi connectivity index (χ1n) is 6.14. The first-order valence-corrected chi connectivity index (χ1v) is 8.66. The van der Waals surface area contributed by atoms with E-state index >= 15 is 0 Å². The van der Waals surface area contributed by atoms with E-state index in [2.05, 4.69) is 11.1 Å². The minimum atomic E-state index is -0.446. The fourth-order valence-corrected chi connectivity index (χ4v) is 3.54. The van der Waals surface area contributed by atoms with Gasteiger partial charge < -0.3 is 4.42 Å². The molecule has 0 spiro atoms. The quantitative estimate of drug-likeness (QED) is 0.642. The van der Waals surface area contributed by atoms with Crippen LogP contribution in [0.15, 0.2) is 40.1 Å². The van der Waals surface area contributed by atoms with Crippen LogP contribution in [0.2, 0.25) is 0 Å². The van der Waals surface area contributed by atoms with Crippen LogP contribution < -0.4 is 0 Å². The number of nitrogens with zero attached hydrogens (tertiary/aromatic N) is 2. The number of hydrogen-bond donors (Lipinski definition) is 0. The van der Waals surface area contributed by atoms with E-state index in [9.17, 15) is 5.26 Å². The maximum absolute atomic E-state index is 9.27. The molecule has 0 saturated carbocycles. The largest absolute Gasteiger partial charge is 0.454 e. The van der Waals surface area contributed by atoms with Crippen LogP contribution in [0.25, 0.3) is 22.4 Å². The summed E-state index contributed by atoms with van der Waals surface area (Å²) in [4.78, 5) is 4.52. The number of fused-ring (bicyclic) bond motifs is 1. The Kier molecular flexibility index (Phi) is 4.06. The molecule has 0 bridgehead atoms. The smallest absolute Gasteiger partial charge is 0.154 e. The maximum Gasteiger partial charge on any atom is 0.154 e. The lowest BCUT2D eigenvalue weighted by Crippen LogP contribution is -2.03. The fraction of sp³-hybridized carbons (Fsp3) is 0.133. The zero-order chi connectivity index (χ0) is 14.8. The van der Waals surface area contributed by atoms with Crippen LogP contribution in [0.4, 0.5) is 0 Å². The van der Waals surface area contributed by atoms with Crippen LogP contribution in [-0.2, 0) is 0 Å². The molecule has 0 radical (unpaired) electrons. The zero-order valence-corrected chi connectivity index (χ0v) is 13.5. The lowest BCUT2D eigenvalue weighted by Gasteiger charge is -2.03. The number of thiazole rings is 1. The summed E-state index contributed by atoms with van der Waals surface area (Å²) >= 11 is 8.07. The van der Waals surface area contributed by atoms with Crippen molar-refractivity contribution in [2.45, 2.75) is 5.92 Å². The average Bonchev–Trinajstić information content (AvgIpc) is 3.14. The molecular formula is C15H10N2OS3. The van der Waals surface area contributed by atoms with E-state index < -0.39 is 5.92 Å². The molecule has 1 atom stereocenters. The number of furan rings is 1. The predicted octanol–water partition coefficient (Wildman–Crippen LogP) is 4.85. The Morgan fingerprint density at radius 3 is 3.00 bits per heavy atom. The summed E-state index contributed by atoms with van der Waals surface area (Å²) in [6, 6.07) is 12.0. The minimum absolute atomic E-state index is 0.446. The fourth-order valence-electron chi connectivity index (χ4n) is 1.97. The number of para-hydroxylation sites is 1. The van der Waals surface area contributed by atoms with Gasteiger partial charge in [0.05, 0.1) is 10.3 Å². The van der Waals surface area contributed by atoms with Gasteiger partial charge in [0, 0.05) is 10.8 Å². The van der Waals surface area contributed by atoms with Gasteiger partial charge in [0.2, 0.25) is 0 Å². The molecule has 21 heavy (non-hydrogen) atoms.